The van der Waals surface area contributed by atoms with Crippen LogP contribution in [0.3, 0.4) is 0 Å². The van der Waals surface area contributed by atoms with Gasteiger partial charge in [-0.1, -0.05) is 12.1 Å². The first kappa shape index (κ1) is 18.3. The zero-order chi connectivity index (χ0) is 19.6. The van der Waals surface area contributed by atoms with Crippen LogP contribution in [0.15, 0.2) is 65.6 Å². The van der Waals surface area contributed by atoms with Gasteiger partial charge in [-0.2, -0.15) is 18.3 Å². The van der Waals surface area contributed by atoms with Crippen LogP contribution in [0.2, 0.25) is 0 Å². The third-order valence-electron chi connectivity index (χ3n) is 3.60. The zero-order valence-corrected chi connectivity index (χ0v) is 13.5. The van der Waals surface area contributed by atoms with Crippen LogP contribution in [0.5, 0.6) is 0 Å². The molecule has 5 nitrogen and oxygen atoms in total. The van der Waals surface area contributed by atoms with Crippen molar-refractivity contribution in [1.29, 1.82) is 0 Å². The van der Waals surface area contributed by atoms with Crippen molar-refractivity contribution in [2.24, 2.45) is 0 Å². The van der Waals surface area contributed by atoms with E-state index in [1.807, 2.05) is 0 Å². The number of hydrogen-bond donors (Lipinski definition) is 1. The number of rotatable bonds is 3. The summed E-state index contributed by atoms with van der Waals surface area (Å²) in [5, 5.41) is 5.92. The second-order valence-electron chi connectivity index (χ2n) is 5.45. The fourth-order valence-corrected chi connectivity index (χ4v) is 2.32. The van der Waals surface area contributed by atoms with E-state index in [0.29, 0.717) is 5.69 Å². The Balaban J connectivity index is 1.95. The first-order chi connectivity index (χ1) is 12.8. The number of anilines is 1. The van der Waals surface area contributed by atoms with Crippen LogP contribution in [0.1, 0.15) is 16.1 Å². The van der Waals surface area contributed by atoms with Gasteiger partial charge in [0.05, 0.1) is 16.9 Å². The molecule has 0 fully saturated rings. The lowest BCUT2D eigenvalue weighted by atomic mass is 10.1. The van der Waals surface area contributed by atoms with Gasteiger partial charge in [0.2, 0.25) is 5.43 Å². The highest BCUT2D eigenvalue weighted by Crippen LogP contribution is 2.34. The minimum atomic E-state index is -4.68. The van der Waals surface area contributed by atoms with Crippen LogP contribution in [0, 0.1) is 5.82 Å². The molecule has 0 atom stereocenters. The smallest absolute Gasteiger partial charge is 0.320 e. The van der Waals surface area contributed by atoms with Gasteiger partial charge in [-0.15, -0.1) is 0 Å². The minimum absolute atomic E-state index is 0.362. The average Bonchev–Trinajstić information content (AvgIpc) is 2.62. The number of aromatic nitrogens is 2. The van der Waals surface area contributed by atoms with Crippen LogP contribution in [0.25, 0.3) is 5.69 Å². The van der Waals surface area contributed by atoms with Crippen molar-refractivity contribution in [3.63, 3.8) is 0 Å². The van der Waals surface area contributed by atoms with Crippen LogP contribution in [0.4, 0.5) is 23.2 Å². The Hall–Kier alpha value is -3.49. The van der Waals surface area contributed by atoms with Gasteiger partial charge in [0.15, 0.2) is 5.69 Å². The third-order valence-corrected chi connectivity index (χ3v) is 3.60. The maximum absolute atomic E-state index is 13.0. The monoisotopic (exact) mass is 377 g/mol. The summed E-state index contributed by atoms with van der Waals surface area (Å²) in [6.45, 7) is 0. The Morgan fingerprint density at radius 1 is 1.00 bits per heavy atom. The van der Waals surface area contributed by atoms with Crippen molar-refractivity contribution < 1.29 is 22.4 Å². The predicted molar refractivity (Wildman–Crippen MR) is 89.2 cm³/mol. The van der Waals surface area contributed by atoms with E-state index in [2.05, 4.69) is 10.4 Å². The number of nitrogens with zero attached hydrogens (tertiary/aromatic N) is 2. The lowest BCUT2D eigenvalue weighted by Crippen LogP contribution is -2.26. The number of amides is 1. The Morgan fingerprint density at radius 2 is 1.67 bits per heavy atom. The van der Waals surface area contributed by atoms with Gasteiger partial charge >= 0.3 is 6.18 Å². The Bertz CT molecular complexity index is 1040. The summed E-state index contributed by atoms with van der Waals surface area (Å²) in [6, 6.07) is 10.5. The lowest BCUT2D eigenvalue weighted by Gasteiger charge is -2.13. The zero-order valence-electron chi connectivity index (χ0n) is 13.5. The second-order valence-corrected chi connectivity index (χ2v) is 5.45. The van der Waals surface area contributed by atoms with Gasteiger partial charge < -0.3 is 5.32 Å². The summed E-state index contributed by atoms with van der Waals surface area (Å²) in [6.07, 6.45) is -3.42. The van der Waals surface area contributed by atoms with E-state index in [4.69, 9.17) is 0 Å². The molecule has 0 aliphatic heterocycles. The van der Waals surface area contributed by atoms with E-state index in [1.165, 1.54) is 30.5 Å². The molecule has 0 spiro atoms. The number of carbonyl (C=O) groups is 1. The summed E-state index contributed by atoms with van der Waals surface area (Å²) in [7, 11) is 0. The minimum Gasteiger partial charge on any atom is -0.320 e. The standard InChI is InChI=1S/C18H11F4N3O2/c19-11-5-7-12(8-6-11)25-10-9-15(26)16(24-25)17(27)23-14-4-2-1-3-13(14)18(20,21)22/h1-10H,(H,23,27). The number of halogens is 4. The van der Waals surface area contributed by atoms with E-state index in [9.17, 15) is 27.2 Å². The van der Waals surface area contributed by atoms with Gasteiger partial charge in [0, 0.05) is 12.3 Å². The molecule has 0 aliphatic carbocycles. The molecule has 1 aromatic heterocycles. The normalized spacial score (nSPS) is 11.3. The molecule has 3 rings (SSSR count). The molecular weight excluding hydrogens is 366 g/mol. The van der Waals surface area contributed by atoms with Crippen molar-refractivity contribution in [2.75, 3.05) is 5.32 Å². The summed E-state index contributed by atoms with van der Waals surface area (Å²) in [5.74, 6) is -1.57. The van der Waals surface area contributed by atoms with Gasteiger partial charge in [-0.3, -0.25) is 9.59 Å². The number of para-hydroxylation sites is 1. The molecule has 1 N–H and O–H groups in total. The molecule has 1 heterocycles. The maximum Gasteiger partial charge on any atom is 0.418 e. The summed E-state index contributed by atoms with van der Waals surface area (Å²) < 4.78 is 53.3. The van der Waals surface area contributed by atoms with Crippen molar-refractivity contribution in [3.05, 3.63) is 88.1 Å². The molecule has 27 heavy (non-hydrogen) atoms. The topological polar surface area (TPSA) is 64.0 Å². The van der Waals surface area contributed by atoms with E-state index in [0.717, 1.165) is 35.0 Å². The average molecular weight is 377 g/mol. The van der Waals surface area contributed by atoms with E-state index < -0.39 is 40.3 Å². The number of benzene rings is 2. The first-order valence-corrected chi connectivity index (χ1v) is 7.59. The van der Waals surface area contributed by atoms with Gasteiger partial charge in [-0.05, 0) is 36.4 Å². The molecule has 0 bridgehead atoms. The van der Waals surface area contributed by atoms with Gasteiger partial charge in [0.25, 0.3) is 5.91 Å². The number of nitrogens with one attached hydrogen (secondary N) is 1. The van der Waals surface area contributed by atoms with Gasteiger partial charge in [0.1, 0.15) is 5.82 Å². The largest absolute Gasteiger partial charge is 0.418 e. The quantitative estimate of drug-likeness (QED) is 0.709. The Labute approximate surface area is 149 Å². The maximum atomic E-state index is 13.0. The predicted octanol–water partition coefficient (Wildman–Crippen LogP) is 3.64. The molecule has 2 aromatic carbocycles. The lowest BCUT2D eigenvalue weighted by molar-refractivity contribution is -0.136. The molecule has 138 valence electrons. The molecule has 0 unspecified atom stereocenters. The van der Waals surface area contributed by atoms with Crippen molar-refractivity contribution in [3.8, 4) is 5.69 Å². The fraction of sp³-hybridized carbons (Fsp3) is 0.0556. The second kappa shape index (κ2) is 7.02. The molecule has 9 heteroatoms. The molecule has 1 amide bonds. The summed E-state index contributed by atoms with van der Waals surface area (Å²) in [5.41, 5.74) is -2.54. The van der Waals surface area contributed by atoms with Crippen molar-refractivity contribution in [2.45, 2.75) is 6.18 Å². The number of alkyl halides is 3. The third kappa shape index (κ3) is 4.02. The molecule has 0 saturated carbocycles. The van der Waals surface area contributed by atoms with E-state index in [1.54, 1.807) is 0 Å². The molecular formula is C18H11F4N3O2. The number of carbonyl (C=O) groups excluding carboxylic acids is 1. The fourth-order valence-electron chi connectivity index (χ4n) is 2.32. The molecule has 3 aromatic rings. The van der Waals surface area contributed by atoms with Crippen LogP contribution in [-0.2, 0) is 6.18 Å². The first-order valence-electron chi connectivity index (χ1n) is 7.59. The SMILES string of the molecule is O=C(Nc1ccccc1C(F)(F)F)c1nn(-c2ccc(F)cc2)ccc1=O. The van der Waals surface area contributed by atoms with Crippen molar-refractivity contribution in [1.82, 2.24) is 9.78 Å². The molecule has 0 aliphatic rings. The highest BCUT2D eigenvalue weighted by atomic mass is 19.4. The van der Waals surface area contributed by atoms with Gasteiger partial charge in [-0.25, -0.2) is 9.07 Å². The highest BCUT2D eigenvalue weighted by Gasteiger charge is 2.33. The Kier molecular flexibility index (Phi) is 4.76. The molecule has 0 radical (unpaired) electrons. The van der Waals surface area contributed by atoms with Crippen LogP contribution in [-0.4, -0.2) is 15.7 Å². The highest BCUT2D eigenvalue weighted by molar-refractivity contribution is 6.03. The Morgan fingerprint density at radius 3 is 2.33 bits per heavy atom. The molecule has 0 saturated heterocycles. The van der Waals surface area contributed by atoms with E-state index in [-0.39, 0.29) is 0 Å². The van der Waals surface area contributed by atoms with Crippen LogP contribution >= 0.6 is 0 Å². The summed E-state index contributed by atoms with van der Waals surface area (Å²) >= 11 is 0. The number of hydrogen-bond acceptors (Lipinski definition) is 3. The van der Waals surface area contributed by atoms with Crippen LogP contribution < -0.4 is 10.7 Å². The summed E-state index contributed by atoms with van der Waals surface area (Å²) in [4.78, 5) is 24.3. The van der Waals surface area contributed by atoms with E-state index >= 15 is 0 Å². The van der Waals surface area contributed by atoms with Crippen molar-refractivity contribution >= 4 is 11.6 Å².